The molecule has 0 saturated heterocycles. The Kier molecular flexibility index (Phi) is 4.71. The van der Waals surface area contributed by atoms with Crippen LogP contribution < -0.4 is 8.92 Å². The minimum Gasteiger partial charge on any atom is -0.497 e. The Morgan fingerprint density at radius 3 is 2.52 bits per heavy atom. The van der Waals surface area contributed by atoms with Crippen LogP contribution in [0.25, 0.3) is 0 Å². The lowest BCUT2D eigenvalue weighted by molar-refractivity contribution is -0.385. The molecule has 0 saturated carbocycles. The van der Waals surface area contributed by atoms with E-state index >= 15 is 0 Å². The van der Waals surface area contributed by atoms with Crippen LogP contribution in [0.3, 0.4) is 0 Å². The van der Waals surface area contributed by atoms with E-state index in [1.165, 1.54) is 19.2 Å². The number of halogens is 2. The van der Waals surface area contributed by atoms with Gasteiger partial charge in [0.05, 0.1) is 17.1 Å². The third-order valence-electron chi connectivity index (χ3n) is 2.73. The van der Waals surface area contributed by atoms with Crippen molar-refractivity contribution in [1.82, 2.24) is 0 Å². The van der Waals surface area contributed by atoms with Gasteiger partial charge in [0.2, 0.25) is 5.75 Å². The molecule has 0 amide bonds. The van der Waals surface area contributed by atoms with Crippen LogP contribution in [0, 0.1) is 15.9 Å². The molecule has 0 aliphatic carbocycles. The molecule has 0 atom stereocenters. The first kappa shape index (κ1) is 17.0. The lowest BCUT2D eigenvalue weighted by atomic mass is 10.3. The highest BCUT2D eigenvalue weighted by Gasteiger charge is 2.26. The Balaban J connectivity index is 2.51. The zero-order valence-electron chi connectivity index (χ0n) is 11.5. The van der Waals surface area contributed by atoms with Crippen molar-refractivity contribution in [3.63, 3.8) is 0 Å². The molecule has 0 bridgehead atoms. The molecule has 7 nitrogen and oxygen atoms in total. The Hall–Kier alpha value is -2.39. The van der Waals surface area contributed by atoms with Crippen molar-refractivity contribution in [2.45, 2.75) is 4.90 Å². The normalized spacial score (nSPS) is 11.1. The molecule has 0 aliphatic rings. The molecular formula is C13H9ClFNO6S. The molecule has 2 rings (SSSR count). The number of ether oxygens (including phenoxy) is 1. The van der Waals surface area contributed by atoms with Gasteiger partial charge in [-0.1, -0.05) is 11.6 Å². The summed E-state index contributed by atoms with van der Waals surface area (Å²) >= 11 is 5.81. The third kappa shape index (κ3) is 3.69. The second-order valence-corrected chi connectivity index (χ2v) is 6.12. The second kappa shape index (κ2) is 6.39. The zero-order chi connectivity index (χ0) is 17.2. The summed E-state index contributed by atoms with van der Waals surface area (Å²) in [4.78, 5) is 9.53. The molecule has 2 aromatic carbocycles. The van der Waals surface area contributed by atoms with E-state index in [1.807, 2.05) is 0 Å². The van der Waals surface area contributed by atoms with Gasteiger partial charge in [-0.05, 0) is 18.2 Å². The lowest BCUT2D eigenvalue weighted by Gasteiger charge is -2.10. The van der Waals surface area contributed by atoms with E-state index in [1.54, 1.807) is 0 Å². The first-order valence-electron chi connectivity index (χ1n) is 5.96. The summed E-state index contributed by atoms with van der Waals surface area (Å²) in [7, 11) is -3.22. The Morgan fingerprint density at radius 2 is 1.91 bits per heavy atom. The van der Waals surface area contributed by atoms with Gasteiger partial charge >= 0.3 is 15.8 Å². The summed E-state index contributed by atoms with van der Waals surface area (Å²) < 4.78 is 47.4. The second-order valence-electron chi connectivity index (χ2n) is 4.20. The van der Waals surface area contributed by atoms with Crippen LogP contribution in [-0.4, -0.2) is 20.5 Å². The Morgan fingerprint density at radius 1 is 1.22 bits per heavy atom. The van der Waals surface area contributed by atoms with Gasteiger partial charge < -0.3 is 8.92 Å². The summed E-state index contributed by atoms with van der Waals surface area (Å²) in [6.45, 7) is 0. The Labute approximate surface area is 135 Å². The maximum Gasteiger partial charge on any atom is 0.341 e. The predicted molar refractivity (Wildman–Crippen MR) is 78.9 cm³/mol. The number of methoxy groups -OCH3 is 1. The fourth-order valence-electron chi connectivity index (χ4n) is 1.67. The average molecular weight is 362 g/mol. The van der Waals surface area contributed by atoms with E-state index in [9.17, 15) is 22.9 Å². The third-order valence-corrected chi connectivity index (χ3v) is 4.44. The van der Waals surface area contributed by atoms with Crippen LogP contribution in [0.2, 0.25) is 5.02 Å². The van der Waals surface area contributed by atoms with Crippen molar-refractivity contribution in [3.05, 3.63) is 57.4 Å². The highest BCUT2D eigenvalue weighted by atomic mass is 35.5. The van der Waals surface area contributed by atoms with Crippen molar-refractivity contribution in [2.75, 3.05) is 7.11 Å². The van der Waals surface area contributed by atoms with Crippen LogP contribution in [0.5, 0.6) is 11.5 Å². The van der Waals surface area contributed by atoms with Crippen LogP contribution in [0.1, 0.15) is 0 Å². The molecule has 0 fully saturated rings. The van der Waals surface area contributed by atoms with E-state index in [-0.39, 0.29) is 10.8 Å². The van der Waals surface area contributed by atoms with Crippen molar-refractivity contribution >= 4 is 27.4 Å². The van der Waals surface area contributed by atoms with Gasteiger partial charge in [0, 0.05) is 18.2 Å². The van der Waals surface area contributed by atoms with Gasteiger partial charge in [-0.15, -0.1) is 0 Å². The van der Waals surface area contributed by atoms with E-state index in [0.717, 1.165) is 18.2 Å². The summed E-state index contributed by atoms with van der Waals surface area (Å²) in [5.74, 6) is -1.46. The first-order valence-corrected chi connectivity index (χ1v) is 7.75. The van der Waals surface area contributed by atoms with Gasteiger partial charge in [0.15, 0.2) is 0 Å². The smallest absolute Gasteiger partial charge is 0.341 e. The highest BCUT2D eigenvalue weighted by Crippen LogP contribution is 2.33. The molecule has 0 heterocycles. The van der Waals surface area contributed by atoms with Gasteiger partial charge in [0.25, 0.3) is 0 Å². The molecule has 10 heteroatoms. The molecule has 0 N–H and O–H groups in total. The monoisotopic (exact) mass is 361 g/mol. The Bertz CT molecular complexity index is 871. The number of nitro groups is 1. The standard InChI is InChI=1S/C13H9ClFNO6S/c1-21-9-3-4-10(14)13(7-9)23(19,20)22-12-6-8(15)2-5-11(12)16(17)18/h2-7H,1H3. The summed E-state index contributed by atoms with van der Waals surface area (Å²) in [6, 6.07) is 5.98. The van der Waals surface area contributed by atoms with Crippen LogP contribution in [0.4, 0.5) is 10.1 Å². The van der Waals surface area contributed by atoms with Crippen LogP contribution in [-0.2, 0) is 10.1 Å². The van der Waals surface area contributed by atoms with Gasteiger partial charge in [-0.25, -0.2) is 4.39 Å². The zero-order valence-corrected chi connectivity index (χ0v) is 13.1. The minimum absolute atomic E-state index is 0.176. The molecule has 122 valence electrons. The predicted octanol–water partition coefficient (Wildman–Crippen LogP) is 3.16. The van der Waals surface area contributed by atoms with Crippen molar-refractivity contribution < 1.29 is 26.7 Å². The molecule has 2 aromatic rings. The largest absolute Gasteiger partial charge is 0.497 e. The minimum atomic E-state index is -4.53. The van der Waals surface area contributed by atoms with Crippen LogP contribution in [0.15, 0.2) is 41.3 Å². The molecule has 0 aromatic heterocycles. The van der Waals surface area contributed by atoms with Crippen molar-refractivity contribution in [1.29, 1.82) is 0 Å². The van der Waals surface area contributed by atoms with Crippen molar-refractivity contribution in [3.8, 4) is 11.5 Å². The highest BCUT2D eigenvalue weighted by molar-refractivity contribution is 7.87. The maximum absolute atomic E-state index is 13.2. The van der Waals surface area contributed by atoms with E-state index < -0.39 is 37.2 Å². The molecule has 0 aliphatic heterocycles. The summed E-state index contributed by atoms with van der Waals surface area (Å²) in [5.41, 5.74) is -0.700. The van der Waals surface area contributed by atoms with Gasteiger partial charge in [0.1, 0.15) is 16.5 Å². The van der Waals surface area contributed by atoms with Gasteiger partial charge in [-0.3, -0.25) is 10.1 Å². The number of hydrogen-bond acceptors (Lipinski definition) is 6. The average Bonchev–Trinajstić information content (AvgIpc) is 2.46. The SMILES string of the molecule is COc1ccc(Cl)c(S(=O)(=O)Oc2cc(F)ccc2[N+](=O)[O-])c1. The topological polar surface area (TPSA) is 95.7 Å². The number of hydrogen-bond donors (Lipinski definition) is 0. The number of rotatable bonds is 5. The molecule has 23 heavy (non-hydrogen) atoms. The summed E-state index contributed by atoms with van der Waals surface area (Å²) in [6.07, 6.45) is 0. The summed E-state index contributed by atoms with van der Waals surface area (Å²) in [5, 5.41) is 10.7. The van der Waals surface area contributed by atoms with E-state index in [0.29, 0.717) is 6.07 Å². The fourth-order valence-corrected chi connectivity index (χ4v) is 3.10. The quantitative estimate of drug-likeness (QED) is 0.461. The van der Waals surface area contributed by atoms with E-state index in [2.05, 4.69) is 0 Å². The van der Waals surface area contributed by atoms with Crippen molar-refractivity contribution in [2.24, 2.45) is 0 Å². The number of benzene rings is 2. The lowest BCUT2D eigenvalue weighted by Crippen LogP contribution is -2.12. The number of nitrogens with zero attached hydrogens (tertiary/aromatic N) is 1. The molecule has 0 radical (unpaired) electrons. The molecular weight excluding hydrogens is 353 g/mol. The van der Waals surface area contributed by atoms with Crippen LogP contribution >= 0.6 is 11.6 Å². The molecule has 0 unspecified atom stereocenters. The fraction of sp³-hybridized carbons (Fsp3) is 0.0769. The number of nitro benzene ring substituents is 1. The first-order chi connectivity index (χ1) is 10.7. The maximum atomic E-state index is 13.2. The molecule has 0 spiro atoms. The van der Waals surface area contributed by atoms with E-state index in [4.69, 9.17) is 20.5 Å². The van der Waals surface area contributed by atoms with Gasteiger partial charge in [-0.2, -0.15) is 8.42 Å².